The lowest BCUT2D eigenvalue weighted by atomic mass is 10.1. The number of hydrogen-bond donors (Lipinski definition) is 0. The number of nitro benzene ring substituents is 1. The number of amides is 1. The molecule has 4 aromatic rings. The van der Waals surface area contributed by atoms with Crippen molar-refractivity contribution in [3.63, 3.8) is 0 Å². The number of benzene rings is 3. The lowest BCUT2D eigenvalue weighted by molar-refractivity contribution is -0.384. The van der Waals surface area contributed by atoms with Crippen LogP contribution in [0.1, 0.15) is 17.0 Å². The largest absolute Gasteiger partial charge is 0.493 e. The fourth-order valence-corrected chi connectivity index (χ4v) is 4.02. The third-order valence-corrected chi connectivity index (χ3v) is 6.21. The first-order valence-electron chi connectivity index (χ1n) is 12.6. The first-order valence-corrected chi connectivity index (χ1v) is 12.6. The standard InChI is InChI=1S/C29H30N4O7/c1-37-25-13-8-21(18-26(25)38-2)14-16-32(28(34)20-39-19-22-6-4-3-5-7-22)17-15-27-30-29(31-40-27)23-9-11-24(12-10-23)33(35)36/h3-13,18H,14-17,19-20H2,1-2H3. The molecule has 4 rings (SSSR count). The third-order valence-electron chi connectivity index (χ3n) is 6.21. The van der Waals surface area contributed by atoms with Crippen molar-refractivity contribution in [1.82, 2.24) is 15.0 Å². The SMILES string of the molecule is COc1ccc(CCN(CCc2nc(-c3ccc([N+](=O)[O-])cc3)no2)C(=O)COCc2ccccc2)cc1OC. The Kier molecular flexibility index (Phi) is 9.78. The molecular formula is C29H30N4O7. The van der Waals surface area contributed by atoms with Gasteiger partial charge < -0.3 is 23.6 Å². The van der Waals surface area contributed by atoms with Gasteiger partial charge in [-0.3, -0.25) is 14.9 Å². The molecule has 0 unspecified atom stereocenters. The molecule has 0 aliphatic heterocycles. The molecule has 208 valence electrons. The summed E-state index contributed by atoms with van der Waals surface area (Å²) in [5.41, 5.74) is 2.54. The van der Waals surface area contributed by atoms with Crippen molar-refractivity contribution in [3.05, 3.63) is 99.9 Å². The fraction of sp³-hybridized carbons (Fsp3) is 0.276. The maximum Gasteiger partial charge on any atom is 0.269 e. The zero-order valence-electron chi connectivity index (χ0n) is 22.3. The van der Waals surface area contributed by atoms with E-state index in [1.165, 1.54) is 12.1 Å². The number of nitrogens with zero attached hydrogens (tertiary/aromatic N) is 4. The van der Waals surface area contributed by atoms with Crippen LogP contribution in [0.2, 0.25) is 0 Å². The second-order valence-electron chi connectivity index (χ2n) is 8.86. The van der Waals surface area contributed by atoms with Crippen molar-refractivity contribution in [2.45, 2.75) is 19.4 Å². The van der Waals surface area contributed by atoms with E-state index in [0.717, 1.165) is 11.1 Å². The van der Waals surface area contributed by atoms with Gasteiger partial charge in [-0.05, 0) is 41.8 Å². The van der Waals surface area contributed by atoms with Crippen molar-refractivity contribution in [3.8, 4) is 22.9 Å². The van der Waals surface area contributed by atoms with Crippen LogP contribution in [0.3, 0.4) is 0 Å². The van der Waals surface area contributed by atoms with Gasteiger partial charge in [-0.2, -0.15) is 4.98 Å². The Hall–Kier alpha value is -4.77. The lowest BCUT2D eigenvalue weighted by Gasteiger charge is -2.22. The molecule has 40 heavy (non-hydrogen) atoms. The molecule has 0 aliphatic rings. The second-order valence-corrected chi connectivity index (χ2v) is 8.86. The molecule has 0 radical (unpaired) electrons. The zero-order valence-corrected chi connectivity index (χ0v) is 22.3. The Balaban J connectivity index is 1.40. The molecule has 0 atom stereocenters. The summed E-state index contributed by atoms with van der Waals surface area (Å²) in [6.07, 6.45) is 0.916. The van der Waals surface area contributed by atoms with E-state index in [1.807, 2.05) is 48.5 Å². The Morgan fingerprint density at radius 2 is 1.65 bits per heavy atom. The first-order chi connectivity index (χ1) is 19.5. The van der Waals surface area contributed by atoms with Crippen LogP contribution >= 0.6 is 0 Å². The predicted molar refractivity (Wildman–Crippen MR) is 146 cm³/mol. The van der Waals surface area contributed by atoms with E-state index in [-0.39, 0.29) is 18.2 Å². The Labute approximate surface area is 231 Å². The number of hydrogen-bond acceptors (Lipinski definition) is 9. The maximum atomic E-state index is 13.1. The summed E-state index contributed by atoms with van der Waals surface area (Å²) in [6, 6.07) is 21.2. The quantitative estimate of drug-likeness (QED) is 0.166. The first kappa shape index (κ1) is 28.2. The molecule has 0 saturated carbocycles. The fourth-order valence-electron chi connectivity index (χ4n) is 4.02. The highest BCUT2D eigenvalue weighted by Gasteiger charge is 2.17. The molecule has 3 aromatic carbocycles. The summed E-state index contributed by atoms with van der Waals surface area (Å²) in [4.78, 5) is 29.7. The van der Waals surface area contributed by atoms with Gasteiger partial charge in [-0.15, -0.1) is 0 Å². The normalized spacial score (nSPS) is 10.8. The van der Waals surface area contributed by atoms with Crippen molar-refractivity contribution in [2.75, 3.05) is 33.9 Å². The molecule has 1 heterocycles. The molecule has 0 bridgehead atoms. The van der Waals surface area contributed by atoms with E-state index in [9.17, 15) is 14.9 Å². The van der Waals surface area contributed by atoms with Crippen LogP contribution in [-0.2, 0) is 29.0 Å². The van der Waals surface area contributed by atoms with E-state index < -0.39 is 4.92 Å². The van der Waals surface area contributed by atoms with Crippen LogP contribution < -0.4 is 9.47 Å². The third kappa shape index (κ3) is 7.64. The summed E-state index contributed by atoms with van der Waals surface area (Å²) in [5, 5.41) is 14.9. The van der Waals surface area contributed by atoms with Crippen molar-refractivity contribution in [1.29, 1.82) is 0 Å². The molecule has 0 aliphatic carbocycles. The highest BCUT2D eigenvalue weighted by atomic mass is 16.6. The smallest absolute Gasteiger partial charge is 0.269 e. The van der Waals surface area contributed by atoms with Gasteiger partial charge >= 0.3 is 0 Å². The van der Waals surface area contributed by atoms with Gasteiger partial charge in [0.2, 0.25) is 17.6 Å². The van der Waals surface area contributed by atoms with Crippen molar-refractivity contribution >= 4 is 11.6 Å². The van der Waals surface area contributed by atoms with Gasteiger partial charge in [0.1, 0.15) is 6.61 Å². The topological polar surface area (TPSA) is 130 Å². The zero-order chi connectivity index (χ0) is 28.3. The average Bonchev–Trinajstić information content (AvgIpc) is 3.46. The number of non-ortho nitro benzene ring substituents is 1. The summed E-state index contributed by atoms with van der Waals surface area (Å²) >= 11 is 0. The lowest BCUT2D eigenvalue weighted by Crippen LogP contribution is -2.37. The molecule has 0 fully saturated rings. The number of nitro groups is 1. The van der Waals surface area contributed by atoms with Gasteiger partial charge in [0.25, 0.3) is 5.69 Å². The summed E-state index contributed by atoms with van der Waals surface area (Å²) < 4.78 is 21.8. The van der Waals surface area contributed by atoms with E-state index in [1.54, 1.807) is 31.3 Å². The van der Waals surface area contributed by atoms with Crippen LogP contribution in [0.5, 0.6) is 11.5 Å². The van der Waals surface area contributed by atoms with Crippen LogP contribution in [0, 0.1) is 10.1 Å². The van der Waals surface area contributed by atoms with E-state index in [2.05, 4.69) is 10.1 Å². The minimum absolute atomic E-state index is 0.0226. The number of aromatic nitrogens is 2. The number of carbonyl (C=O) groups excluding carboxylic acids is 1. The number of ether oxygens (including phenoxy) is 3. The molecule has 11 heteroatoms. The Morgan fingerprint density at radius 3 is 2.35 bits per heavy atom. The minimum Gasteiger partial charge on any atom is -0.493 e. The Morgan fingerprint density at radius 1 is 0.925 bits per heavy atom. The van der Waals surface area contributed by atoms with Gasteiger partial charge in [-0.25, -0.2) is 0 Å². The van der Waals surface area contributed by atoms with E-state index in [0.29, 0.717) is 61.3 Å². The van der Waals surface area contributed by atoms with Crippen LogP contribution in [0.15, 0.2) is 77.3 Å². The summed E-state index contributed by atoms with van der Waals surface area (Å²) in [6.45, 7) is 1.03. The van der Waals surface area contributed by atoms with Crippen LogP contribution in [-0.4, -0.2) is 59.8 Å². The number of carbonyl (C=O) groups is 1. The monoisotopic (exact) mass is 546 g/mol. The van der Waals surface area contributed by atoms with Gasteiger partial charge in [0, 0.05) is 37.2 Å². The Bertz CT molecular complexity index is 1410. The highest BCUT2D eigenvalue weighted by Crippen LogP contribution is 2.28. The van der Waals surface area contributed by atoms with Crippen molar-refractivity contribution < 1.29 is 28.5 Å². The molecule has 1 aromatic heterocycles. The number of rotatable bonds is 14. The maximum absolute atomic E-state index is 13.1. The molecule has 0 saturated heterocycles. The van der Waals surface area contributed by atoms with Crippen LogP contribution in [0.25, 0.3) is 11.4 Å². The second kappa shape index (κ2) is 13.9. The molecule has 11 nitrogen and oxygen atoms in total. The van der Waals surface area contributed by atoms with E-state index in [4.69, 9.17) is 18.7 Å². The minimum atomic E-state index is -0.470. The van der Waals surface area contributed by atoms with Gasteiger partial charge in [0.15, 0.2) is 11.5 Å². The van der Waals surface area contributed by atoms with Gasteiger partial charge in [0.05, 0.1) is 25.7 Å². The van der Waals surface area contributed by atoms with Crippen LogP contribution in [0.4, 0.5) is 5.69 Å². The van der Waals surface area contributed by atoms with Gasteiger partial charge in [-0.1, -0.05) is 41.6 Å². The molecule has 1 amide bonds. The molecule has 0 spiro atoms. The predicted octanol–water partition coefficient (Wildman–Crippen LogP) is 4.49. The molecule has 0 N–H and O–H groups in total. The number of methoxy groups -OCH3 is 2. The average molecular weight is 547 g/mol. The van der Waals surface area contributed by atoms with Crippen molar-refractivity contribution in [2.24, 2.45) is 0 Å². The summed E-state index contributed by atoms with van der Waals surface area (Å²) in [5.74, 6) is 1.76. The van der Waals surface area contributed by atoms with E-state index >= 15 is 0 Å². The molecular weight excluding hydrogens is 516 g/mol. The summed E-state index contributed by atoms with van der Waals surface area (Å²) in [7, 11) is 3.16. The highest BCUT2D eigenvalue weighted by molar-refractivity contribution is 5.77.